The lowest BCUT2D eigenvalue weighted by atomic mass is 10.2. The normalized spacial score (nSPS) is 17.9. The zero-order valence-electron chi connectivity index (χ0n) is 15.6. The van der Waals surface area contributed by atoms with Gasteiger partial charge in [0.2, 0.25) is 11.8 Å². The van der Waals surface area contributed by atoms with Crippen LogP contribution in [-0.4, -0.2) is 28.4 Å². The lowest BCUT2D eigenvalue weighted by Crippen LogP contribution is -2.28. The van der Waals surface area contributed by atoms with Crippen LogP contribution in [0.5, 0.6) is 0 Å². The Kier molecular flexibility index (Phi) is 7.21. The van der Waals surface area contributed by atoms with Crippen molar-refractivity contribution in [1.82, 2.24) is 5.32 Å². The number of thioether (sulfide) groups is 1. The van der Waals surface area contributed by atoms with Gasteiger partial charge in [-0.25, -0.2) is 0 Å². The number of amides is 2. The van der Waals surface area contributed by atoms with Gasteiger partial charge in [-0.1, -0.05) is 65.8 Å². The first-order valence-corrected chi connectivity index (χ1v) is 10.1. The van der Waals surface area contributed by atoms with E-state index in [0.717, 1.165) is 11.1 Å². The summed E-state index contributed by atoms with van der Waals surface area (Å²) in [6, 6.07) is 15.1. The van der Waals surface area contributed by atoms with Gasteiger partial charge in [-0.3, -0.25) is 9.59 Å². The Balaban J connectivity index is 1.50. The lowest BCUT2D eigenvalue weighted by Gasteiger charge is -2.08. The fourth-order valence-corrected chi connectivity index (χ4v) is 3.58. The van der Waals surface area contributed by atoms with Crippen molar-refractivity contribution in [3.63, 3.8) is 0 Å². The Morgan fingerprint density at radius 2 is 2.07 bits per heavy atom. The van der Waals surface area contributed by atoms with Crippen LogP contribution in [0.2, 0.25) is 5.02 Å². The largest absolute Gasteiger partial charge is 0.326 e. The summed E-state index contributed by atoms with van der Waals surface area (Å²) in [5.41, 5.74) is 2.57. The summed E-state index contributed by atoms with van der Waals surface area (Å²) >= 11 is 7.24. The van der Waals surface area contributed by atoms with Crippen LogP contribution in [-0.2, 0) is 9.59 Å². The number of allylic oxidation sites excluding steroid dienone is 1. The van der Waals surface area contributed by atoms with Crippen LogP contribution < -0.4 is 10.6 Å². The van der Waals surface area contributed by atoms with E-state index >= 15 is 0 Å². The molecule has 148 valence electrons. The highest BCUT2D eigenvalue weighted by Crippen LogP contribution is 2.24. The summed E-state index contributed by atoms with van der Waals surface area (Å²) in [6.45, 7) is 1.88. The molecule has 2 amide bonds. The average Bonchev–Trinajstić information content (AvgIpc) is 3.04. The Labute approximate surface area is 178 Å². The third-order valence-electron chi connectivity index (χ3n) is 3.99. The number of halogens is 1. The highest BCUT2D eigenvalue weighted by Gasteiger charge is 2.32. The summed E-state index contributed by atoms with van der Waals surface area (Å²) < 4.78 is 0. The van der Waals surface area contributed by atoms with Gasteiger partial charge in [0.1, 0.15) is 5.25 Å². The first-order valence-electron chi connectivity index (χ1n) is 8.87. The number of hydrogen-bond acceptors (Lipinski definition) is 5. The van der Waals surface area contributed by atoms with Gasteiger partial charge in [0.25, 0.3) is 0 Å². The lowest BCUT2D eigenvalue weighted by molar-refractivity contribution is -0.122. The maximum absolute atomic E-state index is 12.2. The smallest absolute Gasteiger partial charge is 0.240 e. The van der Waals surface area contributed by atoms with E-state index in [1.54, 1.807) is 18.2 Å². The van der Waals surface area contributed by atoms with E-state index < -0.39 is 5.25 Å². The molecule has 1 unspecified atom stereocenters. The number of benzene rings is 2. The molecular formula is C21H19ClN4O2S. The van der Waals surface area contributed by atoms with Crippen molar-refractivity contribution < 1.29 is 9.59 Å². The fourth-order valence-electron chi connectivity index (χ4n) is 2.48. The summed E-state index contributed by atoms with van der Waals surface area (Å²) in [4.78, 5) is 24.3. The first kappa shape index (κ1) is 20.8. The minimum absolute atomic E-state index is 0.0264. The molecule has 0 aromatic heterocycles. The maximum Gasteiger partial charge on any atom is 0.240 e. The summed E-state index contributed by atoms with van der Waals surface area (Å²) in [5, 5.41) is 13.7. The Morgan fingerprint density at radius 3 is 2.83 bits per heavy atom. The minimum atomic E-state index is -0.551. The van der Waals surface area contributed by atoms with E-state index in [4.69, 9.17) is 11.6 Å². The molecule has 1 atom stereocenters. The molecule has 0 aliphatic carbocycles. The second-order valence-electron chi connectivity index (χ2n) is 6.25. The van der Waals surface area contributed by atoms with Crippen LogP contribution in [0, 0.1) is 6.92 Å². The number of hydrogen-bond donors (Lipinski definition) is 2. The first-order chi connectivity index (χ1) is 14.0. The predicted molar refractivity (Wildman–Crippen MR) is 120 cm³/mol. The number of rotatable bonds is 6. The van der Waals surface area contributed by atoms with E-state index in [0.29, 0.717) is 15.9 Å². The SMILES string of the molecule is Cc1ccc(NC(=O)CC2SC(=NN=CC=Cc3ccccc3)NC2=O)cc1Cl. The molecule has 3 rings (SSSR count). The number of aryl methyl sites for hydroxylation is 1. The molecule has 6 nitrogen and oxygen atoms in total. The van der Waals surface area contributed by atoms with E-state index in [-0.39, 0.29) is 18.2 Å². The molecule has 1 aliphatic heterocycles. The van der Waals surface area contributed by atoms with Gasteiger partial charge < -0.3 is 10.6 Å². The molecule has 1 heterocycles. The van der Waals surface area contributed by atoms with Crippen molar-refractivity contribution in [2.75, 3.05) is 5.32 Å². The van der Waals surface area contributed by atoms with Crippen LogP contribution in [0.1, 0.15) is 17.5 Å². The summed E-state index contributed by atoms with van der Waals surface area (Å²) in [5.74, 6) is -0.533. The maximum atomic E-state index is 12.2. The van der Waals surface area contributed by atoms with Crippen LogP contribution in [0.25, 0.3) is 6.08 Å². The van der Waals surface area contributed by atoms with Gasteiger partial charge in [-0.05, 0) is 36.3 Å². The molecule has 0 spiro atoms. The second-order valence-corrected chi connectivity index (χ2v) is 7.85. The molecule has 2 N–H and O–H groups in total. The van der Waals surface area contributed by atoms with Crippen molar-refractivity contribution in [1.29, 1.82) is 0 Å². The van der Waals surface area contributed by atoms with Gasteiger partial charge in [0.15, 0.2) is 5.17 Å². The van der Waals surface area contributed by atoms with E-state index in [2.05, 4.69) is 20.8 Å². The van der Waals surface area contributed by atoms with Gasteiger partial charge in [0.05, 0.1) is 0 Å². The van der Waals surface area contributed by atoms with Gasteiger partial charge in [-0.2, -0.15) is 5.10 Å². The topological polar surface area (TPSA) is 82.9 Å². The zero-order chi connectivity index (χ0) is 20.6. The highest BCUT2D eigenvalue weighted by atomic mass is 35.5. The molecule has 1 aliphatic rings. The third-order valence-corrected chi connectivity index (χ3v) is 5.47. The molecule has 8 heteroatoms. The molecule has 2 aromatic rings. The Morgan fingerprint density at radius 1 is 1.28 bits per heavy atom. The minimum Gasteiger partial charge on any atom is -0.326 e. The monoisotopic (exact) mass is 426 g/mol. The Bertz CT molecular complexity index is 989. The third kappa shape index (κ3) is 6.30. The second kappa shape index (κ2) is 10.0. The number of anilines is 1. The Hall–Kier alpha value is -2.90. The van der Waals surface area contributed by atoms with Crippen LogP contribution in [0.3, 0.4) is 0 Å². The zero-order valence-corrected chi connectivity index (χ0v) is 17.2. The van der Waals surface area contributed by atoms with Gasteiger partial charge >= 0.3 is 0 Å². The van der Waals surface area contributed by atoms with Crippen molar-refractivity contribution >= 4 is 58.3 Å². The summed E-state index contributed by atoms with van der Waals surface area (Å²) in [6.07, 6.45) is 5.22. The van der Waals surface area contributed by atoms with E-state index in [1.807, 2.05) is 49.4 Å². The highest BCUT2D eigenvalue weighted by molar-refractivity contribution is 8.15. The molecule has 1 saturated heterocycles. The van der Waals surface area contributed by atoms with Crippen LogP contribution >= 0.6 is 23.4 Å². The number of carbonyl (C=O) groups excluding carboxylic acids is 2. The van der Waals surface area contributed by atoms with Gasteiger partial charge in [0, 0.05) is 23.3 Å². The number of amidine groups is 1. The van der Waals surface area contributed by atoms with E-state index in [9.17, 15) is 9.59 Å². The molecular weight excluding hydrogens is 408 g/mol. The summed E-state index contributed by atoms with van der Waals surface area (Å²) in [7, 11) is 0. The molecule has 0 saturated carbocycles. The van der Waals surface area contributed by atoms with Crippen LogP contribution in [0.4, 0.5) is 5.69 Å². The average molecular weight is 427 g/mol. The standard InChI is InChI=1S/C21H19ClN4O2S/c1-14-9-10-16(12-17(14)22)24-19(27)13-18-20(28)25-21(29-18)26-23-11-5-8-15-6-3-2-4-7-15/h2-12,18H,13H2,1H3,(H,24,27)(H,25,26,28). The fraction of sp³-hybridized carbons (Fsp3) is 0.143. The molecule has 0 bridgehead atoms. The van der Waals surface area contributed by atoms with Crippen molar-refractivity contribution in [3.05, 3.63) is 70.8 Å². The molecule has 29 heavy (non-hydrogen) atoms. The van der Waals surface area contributed by atoms with Gasteiger partial charge in [-0.15, -0.1) is 5.10 Å². The van der Waals surface area contributed by atoms with Crippen molar-refractivity contribution in [3.8, 4) is 0 Å². The molecule has 0 radical (unpaired) electrons. The van der Waals surface area contributed by atoms with E-state index in [1.165, 1.54) is 18.0 Å². The number of nitrogens with zero attached hydrogens (tertiary/aromatic N) is 2. The molecule has 1 fully saturated rings. The quantitative estimate of drug-likeness (QED) is 0.534. The van der Waals surface area contributed by atoms with Crippen molar-refractivity contribution in [2.24, 2.45) is 10.2 Å². The van der Waals surface area contributed by atoms with Crippen LogP contribution in [0.15, 0.2) is 64.8 Å². The van der Waals surface area contributed by atoms with Crippen molar-refractivity contribution in [2.45, 2.75) is 18.6 Å². The number of carbonyl (C=O) groups is 2. The number of nitrogens with one attached hydrogen (secondary N) is 2. The predicted octanol–water partition coefficient (Wildman–Crippen LogP) is 4.26. The molecule has 2 aromatic carbocycles.